The molecule has 0 spiro atoms. The standard InChI is InChI=1S/C29H22O4/c1-32-28-10-6-5-9-26(28)29(31)33-25-18-11-21(12-19-25)13-20-27(30)24-16-14-23(15-17-24)22-7-3-2-4-8-22/h2-20H,1H3. The van der Waals surface area contributed by atoms with Crippen molar-refractivity contribution in [3.63, 3.8) is 0 Å². The first kappa shape index (κ1) is 21.8. The summed E-state index contributed by atoms with van der Waals surface area (Å²) in [5.41, 5.74) is 3.97. The Labute approximate surface area is 192 Å². The minimum atomic E-state index is -0.495. The number of hydrogen-bond donors (Lipinski definition) is 0. The number of carbonyl (C=O) groups is 2. The highest BCUT2D eigenvalue weighted by molar-refractivity contribution is 6.07. The second-order valence-corrected chi connectivity index (χ2v) is 7.30. The van der Waals surface area contributed by atoms with Crippen LogP contribution in [-0.4, -0.2) is 18.9 Å². The van der Waals surface area contributed by atoms with E-state index in [4.69, 9.17) is 9.47 Å². The van der Waals surface area contributed by atoms with E-state index in [0.717, 1.165) is 16.7 Å². The number of para-hydroxylation sites is 1. The Bertz CT molecular complexity index is 1270. The van der Waals surface area contributed by atoms with Crippen molar-refractivity contribution in [2.24, 2.45) is 0 Å². The van der Waals surface area contributed by atoms with E-state index in [9.17, 15) is 9.59 Å². The molecule has 4 aromatic carbocycles. The lowest BCUT2D eigenvalue weighted by atomic mass is 10.0. The summed E-state index contributed by atoms with van der Waals surface area (Å²) in [7, 11) is 1.51. The summed E-state index contributed by atoms with van der Waals surface area (Å²) in [6.07, 6.45) is 3.27. The molecule has 4 aromatic rings. The van der Waals surface area contributed by atoms with Crippen molar-refractivity contribution in [3.8, 4) is 22.6 Å². The fraction of sp³-hybridized carbons (Fsp3) is 0.0345. The van der Waals surface area contributed by atoms with Crippen LogP contribution in [0.15, 0.2) is 109 Å². The molecule has 0 aliphatic carbocycles. The van der Waals surface area contributed by atoms with Crippen molar-refractivity contribution in [2.45, 2.75) is 0 Å². The molecule has 0 radical (unpaired) electrons. The van der Waals surface area contributed by atoms with Crippen LogP contribution in [0.25, 0.3) is 17.2 Å². The van der Waals surface area contributed by atoms with E-state index in [0.29, 0.717) is 22.6 Å². The lowest BCUT2D eigenvalue weighted by Crippen LogP contribution is -2.09. The molecular formula is C29H22O4. The minimum Gasteiger partial charge on any atom is -0.496 e. The number of hydrogen-bond acceptors (Lipinski definition) is 4. The molecule has 0 fully saturated rings. The molecule has 0 aliphatic heterocycles. The van der Waals surface area contributed by atoms with E-state index in [-0.39, 0.29) is 5.78 Å². The average molecular weight is 434 g/mol. The molecular weight excluding hydrogens is 412 g/mol. The zero-order valence-electron chi connectivity index (χ0n) is 18.1. The summed E-state index contributed by atoms with van der Waals surface area (Å²) < 4.78 is 10.6. The van der Waals surface area contributed by atoms with Crippen LogP contribution >= 0.6 is 0 Å². The molecule has 4 heteroatoms. The predicted octanol–water partition coefficient (Wildman–Crippen LogP) is 6.48. The fourth-order valence-electron chi connectivity index (χ4n) is 3.35. The van der Waals surface area contributed by atoms with Gasteiger partial charge in [0.2, 0.25) is 0 Å². The van der Waals surface area contributed by atoms with Crippen LogP contribution in [0.4, 0.5) is 0 Å². The highest BCUT2D eigenvalue weighted by atomic mass is 16.5. The van der Waals surface area contributed by atoms with Gasteiger partial charge >= 0.3 is 5.97 Å². The van der Waals surface area contributed by atoms with Gasteiger partial charge in [0.15, 0.2) is 5.78 Å². The summed E-state index contributed by atoms with van der Waals surface area (Å²) in [4.78, 5) is 24.9. The van der Waals surface area contributed by atoms with Gasteiger partial charge in [-0.05, 0) is 47.0 Å². The van der Waals surface area contributed by atoms with Gasteiger partial charge in [0, 0.05) is 5.56 Å². The molecule has 0 saturated heterocycles. The van der Waals surface area contributed by atoms with Crippen molar-refractivity contribution >= 4 is 17.8 Å². The van der Waals surface area contributed by atoms with E-state index in [2.05, 4.69) is 0 Å². The van der Waals surface area contributed by atoms with Gasteiger partial charge in [0.05, 0.1) is 7.11 Å². The summed E-state index contributed by atoms with van der Waals surface area (Å²) in [5.74, 6) is 0.286. The molecule has 162 valence electrons. The fourth-order valence-corrected chi connectivity index (χ4v) is 3.35. The third-order valence-electron chi connectivity index (χ3n) is 5.12. The van der Waals surface area contributed by atoms with E-state index < -0.39 is 5.97 Å². The van der Waals surface area contributed by atoms with Crippen molar-refractivity contribution in [3.05, 3.63) is 126 Å². The molecule has 4 rings (SSSR count). The number of benzene rings is 4. The quantitative estimate of drug-likeness (QED) is 0.145. The predicted molar refractivity (Wildman–Crippen MR) is 130 cm³/mol. The molecule has 0 amide bonds. The topological polar surface area (TPSA) is 52.6 Å². The smallest absolute Gasteiger partial charge is 0.347 e. The minimum absolute atomic E-state index is 0.0821. The van der Waals surface area contributed by atoms with Gasteiger partial charge in [-0.1, -0.05) is 84.9 Å². The SMILES string of the molecule is COc1ccccc1C(=O)Oc1ccc(C=CC(=O)c2ccc(-c3ccccc3)cc2)cc1. The Morgan fingerprint density at radius 3 is 2.03 bits per heavy atom. The lowest BCUT2D eigenvalue weighted by Gasteiger charge is -2.08. The van der Waals surface area contributed by atoms with E-state index >= 15 is 0 Å². The van der Waals surface area contributed by atoms with Gasteiger partial charge in [-0.3, -0.25) is 4.79 Å². The van der Waals surface area contributed by atoms with Crippen LogP contribution in [0, 0.1) is 0 Å². The number of ketones is 1. The molecule has 0 aliphatic rings. The van der Waals surface area contributed by atoms with Gasteiger partial charge in [-0.25, -0.2) is 4.79 Å². The third kappa shape index (κ3) is 5.43. The maximum atomic E-state index is 12.5. The molecule has 0 bridgehead atoms. The maximum absolute atomic E-state index is 12.5. The second-order valence-electron chi connectivity index (χ2n) is 7.30. The first-order valence-corrected chi connectivity index (χ1v) is 10.5. The number of methoxy groups -OCH3 is 1. The Morgan fingerprint density at radius 2 is 1.33 bits per heavy atom. The number of allylic oxidation sites excluding steroid dienone is 1. The van der Waals surface area contributed by atoms with Gasteiger partial charge in [-0.15, -0.1) is 0 Å². The monoisotopic (exact) mass is 434 g/mol. The number of rotatable bonds is 7. The summed E-state index contributed by atoms with van der Waals surface area (Å²) >= 11 is 0. The van der Waals surface area contributed by atoms with E-state index in [1.54, 1.807) is 54.6 Å². The van der Waals surface area contributed by atoms with Crippen LogP contribution in [0.1, 0.15) is 26.3 Å². The molecule has 33 heavy (non-hydrogen) atoms. The third-order valence-corrected chi connectivity index (χ3v) is 5.12. The molecule has 0 unspecified atom stereocenters. The van der Waals surface area contributed by atoms with Crippen molar-refractivity contribution < 1.29 is 19.1 Å². The van der Waals surface area contributed by atoms with E-state index in [1.807, 2.05) is 54.6 Å². The first-order chi connectivity index (χ1) is 16.1. The van der Waals surface area contributed by atoms with Crippen molar-refractivity contribution in [1.29, 1.82) is 0 Å². The van der Waals surface area contributed by atoms with Crippen LogP contribution in [0.3, 0.4) is 0 Å². The Morgan fingerprint density at radius 1 is 0.697 bits per heavy atom. The Kier molecular flexibility index (Phi) is 6.76. The molecule has 0 saturated carbocycles. The van der Waals surface area contributed by atoms with E-state index in [1.165, 1.54) is 13.2 Å². The highest BCUT2D eigenvalue weighted by Gasteiger charge is 2.13. The van der Waals surface area contributed by atoms with Crippen LogP contribution in [0.2, 0.25) is 0 Å². The van der Waals surface area contributed by atoms with Gasteiger partial charge in [0.25, 0.3) is 0 Å². The van der Waals surface area contributed by atoms with Crippen LogP contribution in [0.5, 0.6) is 11.5 Å². The summed E-state index contributed by atoms with van der Waals surface area (Å²) in [6, 6.07) is 31.4. The zero-order valence-corrected chi connectivity index (χ0v) is 18.1. The molecule has 4 nitrogen and oxygen atoms in total. The molecule has 0 aromatic heterocycles. The Balaban J connectivity index is 1.39. The highest BCUT2D eigenvalue weighted by Crippen LogP contribution is 2.22. The zero-order chi connectivity index (χ0) is 23.0. The van der Waals surface area contributed by atoms with Crippen LogP contribution in [-0.2, 0) is 0 Å². The van der Waals surface area contributed by atoms with Crippen molar-refractivity contribution in [1.82, 2.24) is 0 Å². The summed E-state index contributed by atoms with van der Waals surface area (Å²) in [6.45, 7) is 0. The average Bonchev–Trinajstić information content (AvgIpc) is 2.88. The number of ether oxygens (including phenoxy) is 2. The first-order valence-electron chi connectivity index (χ1n) is 10.5. The Hall–Kier alpha value is -4.44. The second kappa shape index (κ2) is 10.2. The normalized spacial score (nSPS) is 10.7. The lowest BCUT2D eigenvalue weighted by molar-refractivity contribution is 0.0731. The molecule has 0 atom stereocenters. The summed E-state index contributed by atoms with van der Waals surface area (Å²) in [5, 5.41) is 0. The largest absolute Gasteiger partial charge is 0.496 e. The number of esters is 1. The van der Waals surface area contributed by atoms with Crippen molar-refractivity contribution in [2.75, 3.05) is 7.11 Å². The number of carbonyl (C=O) groups excluding carboxylic acids is 2. The van der Waals surface area contributed by atoms with Gasteiger partial charge in [0.1, 0.15) is 17.1 Å². The van der Waals surface area contributed by atoms with Gasteiger partial charge in [-0.2, -0.15) is 0 Å². The van der Waals surface area contributed by atoms with Gasteiger partial charge < -0.3 is 9.47 Å². The molecule has 0 heterocycles. The van der Waals surface area contributed by atoms with Crippen LogP contribution < -0.4 is 9.47 Å². The molecule has 0 N–H and O–H groups in total. The maximum Gasteiger partial charge on any atom is 0.347 e.